The van der Waals surface area contributed by atoms with Gasteiger partial charge in [0.05, 0.1) is 11.3 Å². The molecule has 1 aromatic carbocycles. The monoisotopic (exact) mass is 370 g/mol. The van der Waals surface area contributed by atoms with Crippen LogP contribution in [0, 0.1) is 6.92 Å². The van der Waals surface area contributed by atoms with Crippen molar-refractivity contribution in [3.8, 4) is 0 Å². The van der Waals surface area contributed by atoms with E-state index >= 15 is 0 Å². The third-order valence-corrected chi connectivity index (χ3v) is 4.88. The molecule has 2 amide bonds. The molecule has 3 rings (SSSR count). The molecule has 0 heterocycles. The van der Waals surface area contributed by atoms with Gasteiger partial charge in [0.2, 0.25) is 5.91 Å². The third kappa shape index (κ3) is 4.76. The highest BCUT2D eigenvalue weighted by atomic mass is 16.5. The third-order valence-electron chi connectivity index (χ3n) is 4.88. The lowest BCUT2D eigenvalue weighted by atomic mass is 10.0. The molecule has 0 atom stereocenters. The molecule has 27 heavy (non-hydrogen) atoms. The number of ether oxygens (including phenoxy) is 1. The van der Waals surface area contributed by atoms with E-state index in [0.29, 0.717) is 5.69 Å². The summed E-state index contributed by atoms with van der Waals surface area (Å²) in [5.41, 5.74) is 2.52. The number of carbonyl (C=O) groups excluding carboxylic acids is 3. The van der Waals surface area contributed by atoms with E-state index in [2.05, 4.69) is 11.4 Å². The molecular formula is C21H26N2O4. The molecule has 0 saturated heterocycles. The van der Waals surface area contributed by atoms with Crippen LogP contribution in [0.1, 0.15) is 61.4 Å². The maximum Gasteiger partial charge on any atom is 0.340 e. The van der Waals surface area contributed by atoms with Crippen molar-refractivity contribution in [1.82, 2.24) is 4.90 Å². The van der Waals surface area contributed by atoms with E-state index in [1.54, 1.807) is 25.1 Å². The van der Waals surface area contributed by atoms with Gasteiger partial charge >= 0.3 is 5.97 Å². The van der Waals surface area contributed by atoms with Crippen LogP contribution in [0.15, 0.2) is 30.0 Å². The number of nitrogens with zero attached hydrogens (tertiary/aromatic N) is 1. The number of allylic oxidation sites excluding steroid dienone is 2. The summed E-state index contributed by atoms with van der Waals surface area (Å²) in [5.74, 6) is -1.05. The highest BCUT2D eigenvalue weighted by Crippen LogP contribution is 2.33. The fraction of sp³-hybridized carbons (Fsp3) is 0.476. The molecule has 2 aliphatic rings. The Morgan fingerprint density at radius 1 is 1.22 bits per heavy atom. The summed E-state index contributed by atoms with van der Waals surface area (Å²) in [4.78, 5) is 38.5. The predicted octanol–water partition coefficient (Wildman–Crippen LogP) is 3.56. The SMILES string of the molecule is CC(=O)Nc1c(C)cccc1C(=O)OCC(=O)N(C1=CCCCC1)C1CC1. The largest absolute Gasteiger partial charge is 0.452 e. The molecule has 1 aromatic rings. The van der Waals surface area contributed by atoms with Crippen LogP contribution in [0.5, 0.6) is 0 Å². The van der Waals surface area contributed by atoms with Crippen molar-refractivity contribution >= 4 is 23.5 Å². The van der Waals surface area contributed by atoms with E-state index in [1.165, 1.54) is 6.92 Å². The fourth-order valence-electron chi connectivity index (χ4n) is 3.43. The Labute approximate surface area is 159 Å². The summed E-state index contributed by atoms with van der Waals surface area (Å²) in [6.07, 6.45) is 8.28. The smallest absolute Gasteiger partial charge is 0.340 e. The average molecular weight is 370 g/mol. The van der Waals surface area contributed by atoms with E-state index < -0.39 is 5.97 Å². The predicted molar refractivity (Wildman–Crippen MR) is 102 cm³/mol. The molecular weight excluding hydrogens is 344 g/mol. The standard InChI is InChI=1S/C21H26N2O4/c1-14-7-6-10-18(20(14)22-15(2)24)21(26)27-13-19(25)23(17-11-12-17)16-8-4-3-5-9-16/h6-8,10,17H,3-5,9,11-13H2,1-2H3,(H,22,24). The molecule has 1 N–H and O–H groups in total. The van der Waals surface area contributed by atoms with Gasteiger partial charge in [0.15, 0.2) is 6.61 Å². The average Bonchev–Trinajstić information content (AvgIpc) is 3.47. The van der Waals surface area contributed by atoms with Crippen LogP contribution in [-0.2, 0) is 14.3 Å². The first-order chi connectivity index (χ1) is 13.0. The number of esters is 1. The van der Waals surface area contributed by atoms with Crippen molar-refractivity contribution in [3.63, 3.8) is 0 Å². The minimum Gasteiger partial charge on any atom is -0.452 e. The number of amides is 2. The van der Waals surface area contributed by atoms with E-state index in [1.807, 2.05) is 4.90 Å². The summed E-state index contributed by atoms with van der Waals surface area (Å²) in [6.45, 7) is 2.90. The molecule has 0 unspecified atom stereocenters. The minimum atomic E-state index is -0.607. The molecule has 0 bridgehead atoms. The first kappa shape index (κ1) is 19.1. The van der Waals surface area contributed by atoms with Gasteiger partial charge in [-0.2, -0.15) is 0 Å². The van der Waals surface area contributed by atoms with Crippen LogP contribution in [0.3, 0.4) is 0 Å². The fourth-order valence-corrected chi connectivity index (χ4v) is 3.43. The first-order valence-electron chi connectivity index (χ1n) is 9.53. The Balaban J connectivity index is 1.68. The van der Waals surface area contributed by atoms with Gasteiger partial charge in [-0.3, -0.25) is 9.59 Å². The lowest BCUT2D eigenvalue weighted by Gasteiger charge is -2.27. The van der Waals surface area contributed by atoms with Gasteiger partial charge in [-0.15, -0.1) is 0 Å². The number of hydrogen-bond acceptors (Lipinski definition) is 4. The van der Waals surface area contributed by atoms with Crippen LogP contribution >= 0.6 is 0 Å². The number of para-hydroxylation sites is 1. The molecule has 0 spiro atoms. The zero-order valence-electron chi connectivity index (χ0n) is 15.9. The summed E-state index contributed by atoms with van der Waals surface area (Å²) in [5, 5.41) is 2.67. The molecule has 144 valence electrons. The zero-order valence-corrected chi connectivity index (χ0v) is 15.9. The summed E-state index contributed by atoms with van der Waals surface area (Å²) >= 11 is 0. The molecule has 6 nitrogen and oxygen atoms in total. The second kappa shape index (κ2) is 8.37. The second-order valence-electron chi connectivity index (χ2n) is 7.19. The van der Waals surface area contributed by atoms with Crippen LogP contribution in [0.25, 0.3) is 0 Å². The Morgan fingerprint density at radius 3 is 2.63 bits per heavy atom. The van der Waals surface area contributed by atoms with Gasteiger partial charge < -0.3 is 15.0 Å². The van der Waals surface area contributed by atoms with Crippen LogP contribution in [0.2, 0.25) is 0 Å². The van der Waals surface area contributed by atoms with Gasteiger partial charge in [-0.1, -0.05) is 18.2 Å². The van der Waals surface area contributed by atoms with Crippen LogP contribution in [-0.4, -0.2) is 35.3 Å². The van der Waals surface area contributed by atoms with Gasteiger partial charge in [-0.05, 0) is 57.1 Å². The molecule has 2 aliphatic carbocycles. The molecule has 1 saturated carbocycles. The van der Waals surface area contributed by atoms with E-state index in [9.17, 15) is 14.4 Å². The quantitative estimate of drug-likeness (QED) is 0.777. The van der Waals surface area contributed by atoms with E-state index in [0.717, 1.165) is 49.8 Å². The van der Waals surface area contributed by atoms with Gasteiger partial charge in [0.25, 0.3) is 5.91 Å². The number of hydrogen-bond donors (Lipinski definition) is 1. The van der Waals surface area contributed by atoms with Gasteiger partial charge in [0, 0.05) is 18.7 Å². The highest BCUT2D eigenvalue weighted by molar-refractivity contribution is 6.02. The van der Waals surface area contributed by atoms with Crippen LogP contribution < -0.4 is 5.32 Å². The molecule has 6 heteroatoms. The number of carbonyl (C=O) groups is 3. The van der Waals surface area contributed by atoms with Crippen molar-refractivity contribution in [3.05, 3.63) is 41.1 Å². The van der Waals surface area contributed by atoms with E-state index in [-0.39, 0.29) is 30.0 Å². The minimum absolute atomic E-state index is 0.173. The lowest BCUT2D eigenvalue weighted by molar-refractivity contribution is -0.133. The molecule has 0 aliphatic heterocycles. The number of rotatable bonds is 6. The Bertz CT molecular complexity index is 780. The molecule has 0 radical (unpaired) electrons. The maximum absolute atomic E-state index is 12.7. The highest BCUT2D eigenvalue weighted by Gasteiger charge is 2.35. The van der Waals surface area contributed by atoms with Crippen LogP contribution in [0.4, 0.5) is 5.69 Å². The van der Waals surface area contributed by atoms with Gasteiger partial charge in [-0.25, -0.2) is 4.79 Å². The van der Waals surface area contributed by atoms with Gasteiger partial charge in [0.1, 0.15) is 0 Å². The number of anilines is 1. The number of aryl methyl sites for hydroxylation is 1. The van der Waals surface area contributed by atoms with Crippen molar-refractivity contribution in [2.75, 3.05) is 11.9 Å². The first-order valence-corrected chi connectivity index (χ1v) is 9.53. The Hall–Kier alpha value is -2.63. The number of benzene rings is 1. The van der Waals surface area contributed by atoms with Crippen molar-refractivity contribution < 1.29 is 19.1 Å². The molecule has 1 fully saturated rings. The summed E-state index contributed by atoms with van der Waals surface area (Å²) in [7, 11) is 0. The van der Waals surface area contributed by atoms with Crippen molar-refractivity contribution in [2.24, 2.45) is 0 Å². The summed E-state index contributed by atoms with van der Waals surface area (Å²) < 4.78 is 5.31. The Kier molecular flexibility index (Phi) is 5.94. The Morgan fingerprint density at radius 2 is 2.00 bits per heavy atom. The van der Waals surface area contributed by atoms with Crippen molar-refractivity contribution in [1.29, 1.82) is 0 Å². The molecule has 0 aromatic heterocycles. The lowest BCUT2D eigenvalue weighted by Crippen LogP contribution is -2.36. The normalized spacial score (nSPS) is 16.3. The van der Waals surface area contributed by atoms with Crippen molar-refractivity contribution in [2.45, 2.75) is 58.4 Å². The summed E-state index contributed by atoms with van der Waals surface area (Å²) in [6, 6.07) is 5.36. The maximum atomic E-state index is 12.7. The zero-order chi connectivity index (χ0) is 19.4. The topological polar surface area (TPSA) is 75.7 Å². The second-order valence-corrected chi connectivity index (χ2v) is 7.19. The van der Waals surface area contributed by atoms with E-state index in [4.69, 9.17) is 4.74 Å². The number of nitrogens with one attached hydrogen (secondary N) is 1.